The lowest BCUT2D eigenvalue weighted by Crippen LogP contribution is -2.22. The molecule has 0 spiro atoms. The van der Waals surface area contributed by atoms with E-state index in [2.05, 4.69) is 15.6 Å². The first-order valence-electron chi connectivity index (χ1n) is 12.2. The zero-order valence-corrected chi connectivity index (χ0v) is 22.4. The van der Waals surface area contributed by atoms with E-state index in [4.69, 9.17) is 21.1 Å². The monoisotopic (exact) mass is 546 g/mol. The number of hydrogen-bond acceptors (Lipinski definition) is 6. The third-order valence-corrected chi connectivity index (χ3v) is 5.94. The largest absolute Gasteiger partial charge is 0.497 e. The molecule has 2 aromatic carbocycles. The van der Waals surface area contributed by atoms with E-state index in [0.29, 0.717) is 28.5 Å². The van der Waals surface area contributed by atoms with E-state index in [1.165, 1.54) is 24.7 Å². The van der Waals surface area contributed by atoms with Gasteiger partial charge in [-0.1, -0.05) is 35.9 Å². The van der Waals surface area contributed by atoms with Crippen LogP contribution in [0.4, 0.5) is 16.2 Å². The molecular formula is C29H27ClN4O5. The van der Waals surface area contributed by atoms with Crippen LogP contribution in [0.1, 0.15) is 30.0 Å². The number of nitrogens with one attached hydrogen (secondary N) is 2. The van der Waals surface area contributed by atoms with Gasteiger partial charge < -0.3 is 20.1 Å². The SMILES string of the molecule is CCOC(=O)c1c(NC(=O)Nc2cccc(OC)c2)cc(Cl)n1-c1ccc(-c2cccc(CC(C)=O)n2)cc1. The fourth-order valence-electron chi connectivity index (χ4n) is 3.99. The molecule has 0 radical (unpaired) electrons. The van der Waals surface area contributed by atoms with Gasteiger partial charge in [-0.05, 0) is 50.2 Å². The zero-order chi connectivity index (χ0) is 27.9. The minimum absolute atomic E-state index is 0.0327. The van der Waals surface area contributed by atoms with Gasteiger partial charge in [0.05, 0.1) is 25.1 Å². The summed E-state index contributed by atoms with van der Waals surface area (Å²) in [4.78, 5) is 41.8. The summed E-state index contributed by atoms with van der Waals surface area (Å²) in [6, 6.07) is 20.5. The normalized spacial score (nSPS) is 10.6. The van der Waals surface area contributed by atoms with Crippen LogP contribution in [0.5, 0.6) is 5.75 Å². The number of pyridine rings is 1. The summed E-state index contributed by atoms with van der Waals surface area (Å²) in [7, 11) is 1.53. The lowest BCUT2D eigenvalue weighted by atomic mass is 10.1. The maximum absolute atomic E-state index is 13.0. The topological polar surface area (TPSA) is 112 Å². The molecule has 2 aromatic heterocycles. The Labute approximate surface area is 230 Å². The van der Waals surface area contributed by atoms with Crippen LogP contribution in [0.25, 0.3) is 16.9 Å². The highest BCUT2D eigenvalue weighted by molar-refractivity contribution is 6.31. The highest BCUT2D eigenvalue weighted by Crippen LogP contribution is 2.31. The molecule has 0 aliphatic heterocycles. The molecular weight excluding hydrogens is 520 g/mol. The Morgan fingerprint density at radius 1 is 0.974 bits per heavy atom. The molecule has 9 nitrogen and oxygen atoms in total. The number of esters is 1. The summed E-state index contributed by atoms with van der Waals surface area (Å²) in [5.41, 5.74) is 3.55. The van der Waals surface area contributed by atoms with Crippen LogP contribution in [-0.4, -0.2) is 41.1 Å². The number of amides is 2. The number of halogens is 1. The van der Waals surface area contributed by atoms with E-state index in [-0.39, 0.29) is 35.3 Å². The third-order valence-electron chi connectivity index (χ3n) is 5.66. The predicted octanol–water partition coefficient (Wildman–Crippen LogP) is 6.15. The summed E-state index contributed by atoms with van der Waals surface area (Å²) < 4.78 is 12.0. The van der Waals surface area contributed by atoms with Gasteiger partial charge in [0.25, 0.3) is 0 Å². The number of rotatable bonds is 9. The van der Waals surface area contributed by atoms with Gasteiger partial charge in [0.15, 0.2) is 5.69 Å². The van der Waals surface area contributed by atoms with E-state index in [0.717, 1.165) is 5.56 Å². The minimum Gasteiger partial charge on any atom is -0.497 e. The number of carbonyl (C=O) groups is 3. The Bertz CT molecular complexity index is 1510. The number of ether oxygens (including phenoxy) is 2. The molecule has 0 aliphatic rings. The number of anilines is 2. The first-order chi connectivity index (χ1) is 18.8. The Kier molecular flexibility index (Phi) is 8.63. The Morgan fingerprint density at radius 3 is 2.41 bits per heavy atom. The summed E-state index contributed by atoms with van der Waals surface area (Å²) in [6.07, 6.45) is 0.259. The van der Waals surface area contributed by atoms with E-state index >= 15 is 0 Å². The van der Waals surface area contributed by atoms with Crippen molar-refractivity contribution < 1.29 is 23.9 Å². The van der Waals surface area contributed by atoms with E-state index in [1.807, 2.05) is 30.3 Å². The molecule has 0 bridgehead atoms. The molecule has 200 valence electrons. The van der Waals surface area contributed by atoms with Gasteiger partial charge in [0, 0.05) is 41.2 Å². The van der Waals surface area contributed by atoms with Crippen molar-refractivity contribution in [3.8, 4) is 22.7 Å². The van der Waals surface area contributed by atoms with Crippen molar-refractivity contribution >= 4 is 40.8 Å². The predicted molar refractivity (Wildman–Crippen MR) is 150 cm³/mol. The Morgan fingerprint density at radius 2 is 1.72 bits per heavy atom. The molecule has 0 atom stereocenters. The second-order valence-corrected chi connectivity index (χ2v) is 8.92. The average Bonchev–Trinajstić information content (AvgIpc) is 3.24. The molecule has 2 amide bonds. The standard InChI is InChI=1S/C29H27ClN4O5/c1-4-39-28(36)27-25(33-29(37)32-21-7-5-9-23(16-21)38-3)17-26(30)34(27)22-13-11-19(12-14-22)24-10-6-8-20(31-24)15-18(2)35/h5-14,16-17H,4,15H2,1-3H3,(H2,32,33,37). The summed E-state index contributed by atoms with van der Waals surface area (Å²) in [5.74, 6) is -0.0347. The number of benzene rings is 2. The van der Waals surface area contributed by atoms with Crippen LogP contribution in [-0.2, 0) is 16.0 Å². The molecule has 2 heterocycles. The molecule has 0 aliphatic carbocycles. The first-order valence-corrected chi connectivity index (χ1v) is 12.5. The molecule has 4 aromatic rings. The molecule has 0 saturated heterocycles. The van der Waals surface area contributed by atoms with E-state index in [1.54, 1.807) is 43.3 Å². The Hall–Kier alpha value is -4.63. The van der Waals surface area contributed by atoms with Gasteiger partial charge in [-0.3, -0.25) is 14.3 Å². The lowest BCUT2D eigenvalue weighted by molar-refractivity contribution is -0.116. The van der Waals surface area contributed by atoms with Crippen molar-refractivity contribution in [1.82, 2.24) is 9.55 Å². The number of Topliss-reactive ketones (excluding diaryl/α,β-unsaturated/α-hetero) is 1. The van der Waals surface area contributed by atoms with Crippen LogP contribution < -0.4 is 15.4 Å². The number of aromatic nitrogens is 2. The third kappa shape index (κ3) is 6.63. The zero-order valence-electron chi connectivity index (χ0n) is 21.7. The molecule has 2 N–H and O–H groups in total. The van der Waals surface area contributed by atoms with Gasteiger partial charge in [-0.2, -0.15) is 0 Å². The minimum atomic E-state index is -0.649. The number of methoxy groups -OCH3 is 1. The van der Waals surface area contributed by atoms with Crippen molar-refractivity contribution in [3.63, 3.8) is 0 Å². The lowest BCUT2D eigenvalue weighted by Gasteiger charge is -2.13. The Balaban J connectivity index is 1.64. The molecule has 0 fully saturated rings. The van der Waals surface area contributed by atoms with Gasteiger partial charge in [0.1, 0.15) is 16.7 Å². The summed E-state index contributed by atoms with van der Waals surface area (Å²) in [5, 5.41) is 5.60. The van der Waals surface area contributed by atoms with Crippen molar-refractivity contribution in [3.05, 3.63) is 89.3 Å². The number of ketones is 1. The average molecular weight is 547 g/mol. The molecule has 4 rings (SSSR count). The van der Waals surface area contributed by atoms with E-state index in [9.17, 15) is 14.4 Å². The van der Waals surface area contributed by atoms with Gasteiger partial charge >= 0.3 is 12.0 Å². The smallest absolute Gasteiger partial charge is 0.357 e. The number of hydrogen-bond donors (Lipinski definition) is 2. The van der Waals surface area contributed by atoms with Gasteiger partial charge in [0.2, 0.25) is 0 Å². The van der Waals surface area contributed by atoms with Crippen LogP contribution >= 0.6 is 11.6 Å². The van der Waals surface area contributed by atoms with Gasteiger partial charge in [-0.15, -0.1) is 0 Å². The molecule has 10 heteroatoms. The van der Waals surface area contributed by atoms with Crippen molar-refractivity contribution in [2.45, 2.75) is 20.3 Å². The van der Waals surface area contributed by atoms with E-state index < -0.39 is 12.0 Å². The van der Waals surface area contributed by atoms with Gasteiger partial charge in [-0.25, -0.2) is 9.59 Å². The van der Waals surface area contributed by atoms with Crippen LogP contribution in [0.3, 0.4) is 0 Å². The van der Waals surface area contributed by atoms with Crippen LogP contribution in [0.2, 0.25) is 5.15 Å². The fraction of sp³-hybridized carbons (Fsp3) is 0.172. The second kappa shape index (κ2) is 12.3. The summed E-state index contributed by atoms with van der Waals surface area (Å²) >= 11 is 6.56. The highest BCUT2D eigenvalue weighted by Gasteiger charge is 2.24. The summed E-state index contributed by atoms with van der Waals surface area (Å²) in [6.45, 7) is 3.35. The molecule has 0 saturated carbocycles. The molecule has 0 unspecified atom stereocenters. The number of carbonyl (C=O) groups excluding carboxylic acids is 3. The van der Waals surface area contributed by atoms with Crippen molar-refractivity contribution in [1.29, 1.82) is 0 Å². The van der Waals surface area contributed by atoms with Crippen molar-refractivity contribution in [2.75, 3.05) is 24.4 Å². The van der Waals surface area contributed by atoms with Crippen LogP contribution in [0, 0.1) is 0 Å². The fourth-order valence-corrected chi connectivity index (χ4v) is 4.28. The number of urea groups is 1. The quantitative estimate of drug-likeness (QED) is 0.243. The first kappa shape index (κ1) is 27.4. The second-order valence-electron chi connectivity index (χ2n) is 8.54. The highest BCUT2D eigenvalue weighted by atomic mass is 35.5. The maximum atomic E-state index is 13.0. The van der Waals surface area contributed by atoms with Crippen LogP contribution in [0.15, 0.2) is 72.8 Å². The number of nitrogens with zero attached hydrogens (tertiary/aromatic N) is 2. The van der Waals surface area contributed by atoms with Crippen molar-refractivity contribution in [2.24, 2.45) is 0 Å². The molecule has 39 heavy (non-hydrogen) atoms. The maximum Gasteiger partial charge on any atom is 0.357 e.